The van der Waals surface area contributed by atoms with Crippen molar-refractivity contribution in [1.29, 1.82) is 0 Å². The second-order valence-corrected chi connectivity index (χ2v) is 9.51. The minimum absolute atomic E-state index is 0.0170. The van der Waals surface area contributed by atoms with Crippen molar-refractivity contribution in [3.8, 4) is 17.2 Å². The molecule has 2 N–H and O–H groups in total. The molecule has 0 radical (unpaired) electrons. The van der Waals surface area contributed by atoms with Crippen LogP contribution in [0.25, 0.3) is 0 Å². The van der Waals surface area contributed by atoms with E-state index in [-0.39, 0.29) is 11.8 Å². The first-order valence-electron chi connectivity index (χ1n) is 13.9. The van der Waals surface area contributed by atoms with Crippen LogP contribution in [0.2, 0.25) is 0 Å². The van der Waals surface area contributed by atoms with Crippen molar-refractivity contribution in [2.75, 3.05) is 34.4 Å². The summed E-state index contributed by atoms with van der Waals surface area (Å²) in [7, 11) is 4.97. The smallest absolute Gasteiger partial charge is 0.220 e. The van der Waals surface area contributed by atoms with Crippen molar-refractivity contribution < 1.29 is 23.8 Å². The van der Waals surface area contributed by atoms with Gasteiger partial charge >= 0.3 is 0 Å². The number of aryl methyl sites for hydroxylation is 1. The molecule has 0 saturated heterocycles. The zero-order chi connectivity index (χ0) is 27.6. The van der Waals surface area contributed by atoms with Gasteiger partial charge in [0.2, 0.25) is 11.8 Å². The van der Waals surface area contributed by atoms with E-state index in [2.05, 4.69) is 29.7 Å². The predicted molar refractivity (Wildman–Crippen MR) is 152 cm³/mol. The van der Waals surface area contributed by atoms with Crippen LogP contribution in [-0.4, -0.2) is 46.2 Å². The van der Waals surface area contributed by atoms with Gasteiger partial charge in [-0.15, -0.1) is 0 Å². The topological polar surface area (TPSA) is 85.9 Å². The summed E-state index contributed by atoms with van der Waals surface area (Å²) in [6.45, 7) is 3.46. The number of benzene rings is 2. The molecule has 0 spiro atoms. The van der Waals surface area contributed by atoms with E-state index in [9.17, 15) is 9.59 Å². The molecule has 0 aliphatic heterocycles. The Kier molecular flexibility index (Phi) is 14.8. The zero-order valence-corrected chi connectivity index (χ0v) is 23.7. The van der Waals surface area contributed by atoms with E-state index in [1.807, 2.05) is 24.3 Å². The lowest BCUT2D eigenvalue weighted by atomic mass is 9.96. The zero-order valence-electron chi connectivity index (χ0n) is 23.7. The molecule has 0 aromatic heterocycles. The van der Waals surface area contributed by atoms with Gasteiger partial charge in [-0.05, 0) is 67.9 Å². The van der Waals surface area contributed by atoms with E-state index >= 15 is 0 Å². The number of hydrogen-bond acceptors (Lipinski definition) is 5. The van der Waals surface area contributed by atoms with Gasteiger partial charge in [0.05, 0.1) is 21.3 Å². The molecule has 0 saturated carbocycles. The van der Waals surface area contributed by atoms with Crippen molar-refractivity contribution in [3.63, 3.8) is 0 Å². The highest BCUT2D eigenvalue weighted by Gasteiger charge is 2.15. The van der Waals surface area contributed by atoms with Gasteiger partial charge < -0.3 is 24.8 Å². The number of methoxy groups -OCH3 is 3. The second kappa shape index (κ2) is 18.1. The van der Waals surface area contributed by atoms with Crippen LogP contribution >= 0.6 is 0 Å². The first-order valence-corrected chi connectivity index (χ1v) is 13.9. The monoisotopic (exact) mass is 526 g/mol. The largest absolute Gasteiger partial charge is 0.497 e. The third-order valence-electron chi connectivity index (χ3n) is 6.67. The average Bonchev–Trinajstić information content (AvgIpc) is 2.94. The standard InChI is InChI=1S/C31H46N2O5/c1-5-6-7-10-21-32-29(34)14-8-9-15-30(35)33-22-20-25-17-19-28(37-3)31(38-4)27(25)18-16-24-12-11-13-26(23-24)36-2/h11-13,17,19,23H,5-10,14-16,18,20-22H2,1-4H3,(H,32,34)(H,33,35). The van der Waals surface area contributed by atoms with Crippen LogP contribution in [0.1, 0.15) is 75.0 Å². The molecule has 0 fully saturated rings. The Labute approximate surface area is 228 Å². The quantitative estimate of drug-likeness (QED) is 0.239. The Morgan fingerprint density at radius 3 is 2.13 bits per heavy atom. The van der Waals surface area contributed by atoms with Gasteiger partial charge in [0.1, 0.15) is 5.75 Å². The van der Waals surface area contributed by atoms with Gasteiger partial charge in [-0.2, -0.15) is 0 Å². The summed E-state index contributed by atoms with van der Waals surface area (Å²) in [6, 6.07) is 12.0. The van der Waals surface area contributed by atoms with E-state index in [0.717, 1.165) is 61.3 Å². The normalized spacial score (nSPS) is 10.6. The Balaban J connectivity index is 1.81. The molecule has 2 amide bonds. The molecule has 2 aromatic carbocycles. The molecule has 0 aliphatic carbocycles. The molecule has 0 unspecified atom stereocenters. The van der Waals surface area contributed by atoms with E-state index < -0.39 is 0 Å². The van der Waals surface area contributed by atoms with E-state index in [0.29, 0.717) is 38.0 Å². The van der Waals surface area contributed by atoms with E-state index in [4.69, 9.17) is 14.2 Å². The van der Waals surface area contributed by atoms with Gasteiger partial charge in [0.15, 0.2) is 11.5 Å². The molecule has 7 nitrogen and oxygen atoms in total. The molecule has 0 bridgehead atoms. The van der Waals surface area contributed by atoms with E-state index in [1.54, 1.807) is 21.3 Å². The summed E-state index contributed by atoms with van der Waals surface area (Å²) in [4.78, 5) is 24.3. The minimum Gasteiger partial charge on any atom is -0.497 e. The Morgan fingerprint density at radius 1 is 0.737 bits per heavy atom. The first kappa shape index (κ1) is 31.0. The minimum atomic E-state index is 0.0170. The van der Waals surface area contributed by atoms with Crippen molar-refractivity contribution in [2.45, 2.75) is 77.6 Å². The number of carbonyl (C=O) groups excluding carboxylic acids is 2. The lowest BCUT2D eigenvalue weighted by Crippen LogP contribution is -2.26. The molecule has 38 heavy (non-hydrogen) atoms. The average molecular weight is 527 g/mol. The molecular weight excluding hydrogens is 480 g/mol. The maximum absolute atomic E-state index is 12.4. The van der Waals surface area contributed by atoms with Gasteiger partial charge in [0.25, 0.3) is 0 Å². The van der Waals surface area contributed by atoms with Crippen molar-refractivity contribution in [1.82, 2.24) is 10.6 Å². The molecule has 0 aliphatic rings. The van der Waals surface area contributed by atoms with Crippen LogP contribution in [0.5, 0.6) is 17.2 Å². The highest BCUT2D eigenvalue weighted by atomic mass is 16.5. The summed E-state index contributed by atoms with van der Waals surface area (Å²) in [6.07, 6.45) is 9.22. The summed E-state index contributed by atoms with van der Waals surface area (Å²) < 4.78 is 16.6. The Hall–Kier alpha value is -3.22. The number of nitrogens with one attached hydrogen (secondary N) is 2. The molecule has 210 valence electrons. The third-order valence-corrected chi connectivity index (χ3v) is 6.67. The molecule has 0 heterocycles. The lowest BCUT2D eigenvalue weighted by Gasteiger charge is -2.17. The number of ether oxygens (including phenoxy) is 3. The highest BCUT2D eigenvalue weighted by Crippen LogP contribution is 2.34. The number of carbonyl (C=O) groups is 2. The Bertz CT molecular complexity index is 992. The van der Waals surface area contributed by atoms with Gasteiger partial charge in [0, 0.05) is 31.5 Å². The molecule has 2 aromatic rings. The summed E-state index contributed by atoms with van der Waals surface area (Å²) in [5.41, 5.74) is 3.39. The lowest BCUT2D eigenvalue weighted by molar-refractivity contribution is -0.123. The molecular formula is C31H46N2O5. The van der Waals surface area contributed by atoms with E-state index in [1.165, 1.54) is 18.4 Å². The fourth-order valence-electron chi connectivity index (χ4n) is 4.50. The van der Waals surface area contributed by atoms with Crippen molar-refractivity contribution in [3.05, 3.63) is 53.1 Å². The van der Waals surface area contributed by atoms with Crippen LogP contribution in [-0.2, 0) is 28.9 Å². The number of rotatable bonds is 19. The maximum atomic E-state index is 12.4. The van der Waals surface area contributed by atoms with Crippen LogP contribution in [0.3, 0.4) is 0 Å². The summed E-state index contributed by atoms with van der Waals surface area (Å²) in [5.74, 6) is 2.38. The van der Waals surface area contributed by atoms with Crippen LogP contribution in [0.15, 0.2) is 36.4 Å². The number of unbranched alkanes of at least 4 members (excludes halogenated alkanes) is 4. The second-order valence-electron chi connectivity index (χ2n) is 9.51. The van der Waals surface area contributed by atoms with Gasteiger partial charge in [-0.25, -0.2) is 0 Å². The van der Waals surface area contributed by atoms with Gasteiger partial charge in [-0.3, -0.25) is 9.59 Å². The van der Waals surface area contributed by atoms with Crippen molar-refractivity contribution >= 4 is 11.8 Å². The SMILES string of the molecule is CCCCCCNC(=O)CCCCC(=O)NCCc1ccc(OC)c(OC)c1CCc1cccc(OC)c1. The molecule has 7 heteroatoms. The number of hydrogen-bond donors (Lipinski definition) is 2. The fourth-order valence-corrected chi connectivity index (χ4v) is 4.50. The molecule has 0 atom stereocenters. The fraction of sp³-hybridized carbons (Fsp3) is 0.548. The predicted octanol–water partition coefficient (Wildman–Crippen LogP) is 5.41. The van der Waals surface area contributed by atoms with Crippen molar-refractivity contribution in [2.24, 2.45) is 0 Å². The maximum Gasteiger partial charge on any atom is 0.220 e. The highest BCUT2D eigenvalue weighted by molar-refractivity contribution is 5.77. The summed E-state index contributed by atoms with van der Waals surface area (Å²) >= 11 is 0. The van der Waals surface area contributed by atoms with Crippen LogP contribution in [0.4, 0.5) is 0 Å². The summed E-state index contributed by atoms with van der Waals surface area (Å²) in [5, 5.41) is 5.99. The van der Waals surface area contributed by atoms with Crippen LogP contribution < -0.4 is 24.8 Å². The van der Waals surface area contributed by atoms with Crippen LogP contribution in [0, 0.1) is 0 Å². The Morgan fingerprint density at radius 2 is 1.47 bits per heavy atom. The first-order chi connectivity index (χ1) is 18.5. The third kappa shape index (κ3) is 11.0. The molecule has 2 rings (SSSR count). The van der Waals surface area contributed by atoms with Gasteiger partial charge in [-0.1, -0.05) is 44.4 Å². The number of amides is 2.